The Morgan fingerprint density at radius 2 is 1.46 bits per heavy atom. The van der Waals surface area contributed by atoms with Crippen LogP contribution in [0, 0.1) is 0 Å². The van der Waals surface area contributed by atoms with Crippen molar-refractivity contribution in [3.63, 3.8) is 0 Å². The lowest BCUT2D eigenvalue weighted by atomic mass is 10.2. The zero-order valence-electron chi connectivity index (χ0n) is 12.2. The van der Waals surface area contributed by atoms with Gasteiger partial charge in [-0.2, -0.15) is 0 Å². The third-order valence-corrected chi connectivity index (χ3v) is 3.68. The second-order valence-corrected chi connectivity index (χ2v) is 5.82. The summed E-state index contributed by atoms with van der Waals surface area (Å²) in [5, 5.41) is 6.71. The fourth-order valence-electron chi connectivity index (χ4n) is 2.02. The number of hydrogen-bond donors (Lipinski definition) is 2. The Hall–Kier alpha value is -2.63. The number of benzene rings is 2. The van der Waals surface area contributed by atoms with Crippen LogP contribution in [0.5, 0.6) is 0 Å². The summed E-state index contributed by atoms with van der Waals surface area (Å²) in [6.07, 6.45) is 1.21. The summed E-state index contributed by atoms with van der Waals surface area (Å²) in [6, 6.07) is 13.7. The van der Waals surface area contributed by atoms with Crippen molar-refractivity contribution in [2.75, 3.05) is 5.32 Å². The second kappa shape index (κ2) is 6.86. The van der Waals surface area contributed by atoms with Gasteiger partial charge in [0.05, 0.1) is 11.4 Å². The zero-order valence-corrected chi connectivity index (χ0v) is 13.7. The van der Waals surface area contributed by atoms with E-state index in [4.69, 9.17) is 23.2 Å². The van der Waals surface area contributed by atoms with Crippen LogP contribution in [0.25, 0.3) is 0 Å². The molecule has 2 N–H and O–H groups in total. The van der Waals surface area contributed by atoms with E-state index in [0.717, 1.165) is 0 Å². The van der Waals surface area contributed by atoms with Crippen LogP contribution < -0.4 is 10.6 Å². The Balaban J connectivity index is 1.94. The van der Waals surface area contributed by atoms with Crippen LogP contribution >= 0.6 is 23.2 Å². The van der Waals surface area contributed by atoms with Crippen LogP contribution in [0.3, 0.4) is 0 Å². The number of carbonyl (C=O) groups excluding carboxylic acids is 2. The molecule has 0 unspecified atom stereocenters. The third-order valence-electron chi connectivity index (χ3n) is 3.18. The van der Waals surface area contributed by atoms with Crippen LogP contribution in [0.4, 0.5) is 11.4 Å². The summed E-state index contributed by atoms with van der Waals surface area (Å²) >= 11 is 11.7. The molecule has 2 aromatic carbocycles. The van der Waals surface area contributed by atoms with E-state index < -0.39 is 11.7 Å². The molecule has 120 valence electrons. The topological polar surface area (TPSA) is 70.6 Å². The molecule has 5 nitrogen and oxygen atoms in total. The molecule has 1 aliphatic heterocycles. The van der Waals surface area contributed by atoms with Gasteiger partial charge in [0.15, 0.2) is 5.84 Å². The molecule has 0 radical (unpaired) electrons. The molecule has 0 bridgehead atoms. The fourth-order valence-corrected chi connectivity index (χ4v) is 2.27. The molecule has 0 atom stereocenters. The molecule has 1 amide bonds. The van der Waals surface area contributed by atoms with Gasteiger partial charge in [-0.3, -0.25) is 9.59 Å². The maximum absolute atomic E-state index is 11.7. The molecular formula is C17H11Cl2N3O2. The number of carbonyl (C=O) groups is 2. The Morgan fingerprint density at radius 1 is 0.875 bits per heavy atom. The highest BCUT2D eigenvalue weighted by Crippen LogP contribution is 2.20. The first-order chi connectivity index (χ1) is 11.5. The molecule has 7 heteroatoms. The average molecular weight is 360 g/mol. The number of aliphatic imine (C=N–C) groups is 1. The van der Waals surface area contributed by atoms with Gasteiger partial charge in [0.2, 0.25) is 5.78 Å². The number of rotatable bonds is 3. The van der Waals surface area contributed by atoms with E-state index in [0.29, 0.717) is 27.1 Å². The maximum Gasteiger partial charge on any atom is 0.297 e. The molecule has 1 heterocycles. The minimum absolute atomic E-state index is 0.247. The highest BCUT2D eigenvalue weighted by molar-refractivity contribution is 6.47. The van der Waals surface area contributed by atoms with Gasteiger partial charge in [-0.15, -0.1) is 0 Å². The van der Waals surface area contributed by atoms with Crippen molar-refractivity contribution < 1.29 is 9.59 Å². The molecule has 0 saturated carbocycles. The summed E-state index contributed by atoms with van der Waals surface area (Å²) in [7, 11) is 0. The van der Waals surface area contributed by atoms with Gasteiger partial charge in [0, 0.05) is 21.8 Å². The van der Waals surface area contributed by atoms with Gasteiger partial charge in [-0.05, 0) is 48.5 Å². The lowest BCUT2D eigenvalue weighted by molar-refractivity contribution is -0.134. The van der Waals surface area contributed by atoms with Crippen LogP contribution in [0.2, 0.25) is 10.0 Å². The molecule has 2 aromatic rings. The van der Waals surface area contributed by atoms with E-state index >= 15 is 0 Å². The number of anilines is 1. The summed E-state index contributed by atoms with van der Waals surface area (Å²) in [6.45, 7) is 0. The van der Waals surface area contributed by atoms with Gasteiger partial charge >= 0.3 is 0 Å². The lowest BCUT2D eigenvalue weighted by Crippen LogP contribution is -2.42. The molecule has 0 saturated heterocycles. The molecule has 0 fully saturated rings. The maximum atomic E-state index is 11.7. The Labute approximate surface area is 148 Å². The van der Waals surface area contributed by atoms with E-state index in [2.05, 4.69) is 15.6 Å². The third kappa shape index (κ3) is 3.82. The van der Waals surface area contributed by atoms with E-state index in [1.54, 1.807) is 48.5 Å². The normalized spacial score (nSPS) is 15.9. The van der Waals surface area contributed by atoms with Crippen molar-refractivity contribution in [1.82, 2.24) is 5.32 Å². The quantitative estimate of drug-likeness (QED) is 0.820. The number of halogens is 2. The van der Waals surface area contributed by atoms with Crippen LogP contribution in [-0.2, 0) is 9.59 Å². The molecule has 0 spiro atoms. The first-order valence-electron chi connectivity index (χ1n) is 6.95. The summed E-state index contributed by atoms with van der Waals surface area (Å²) < 4.78 is 0. The predicted molar refractivity (Wildman–Crippen MR) is 94.9 cm³/mol. The number of nitrogens with one attached hydrogen (secondary N) is 2. The van der Waals surface area contributed by atoms with Crippen molar-refractivity contribution in [2.24, 2.45) is 4.99 Å². The molecule has 24 heavy (non-hydrogen) atoms. The Morgan fingerprint density at radius 3 is 2.08 bits per heavy atom. The SMILES string of the molecule is O=C1C=C(Nc2ccc(Cl)cc2)C(=Nc2ccc(Cl)cc2)NC1=O. The standard InChI is InChI=1S/C17H11Cl2N3O2/c18-10-1-5-12(6-2-10)20-14-9-15(23)17(24)22-16(14)21-13-7-3-11(19)4-8-13/h1-9,20H,(H,21,22,24). The smallest absolute Gasteiger partial charge is 0.297 e. The molecular weight excluding hydrogens is 349 g/mol. The van der Waals surface area contributed by atoms with Crippen LogP contribution in [-0.4, -0.2) is 17.5 Å². The Bertz CT molecular complexity index is 856. The van der Waals surface area contributed by atoms with Crippen molar-refractivity contribution in [3.8, 4) is 0 Å². The monoisotopic (exact) mass is 359 g/mol. The van der Waals surface area contributed by atoms with Crippen molar-refractivity contribution in [1.29, 1.82) is 0 Å². The molecule has 0 aromatic heterocycles. The number of hydrogen-bond acceptors (Lipinski definition) is 4. The van der Waals surface area contributed by atoms with Crippen LogP contribution in [0.1, 0.15) is 0 Å². The van der Waals surface area contributed by atoms with Gasteiger partial charge in [-0.1, -0.05) is 23.2 Å². The fraction of sp³-hybridized carbons (Fsp3) is 0. The van der Waals surface area contributed by atoms with Crippen molar-refractivity contribution in [2.45, 2.75) is 0 Å². The minimum Gasteiger partial charge on any atom is -0.352 e. The zero-order chi connectivity index (χ0) is 17.1. The predicted octanol–water partition coefficient (Wildman–Crippen LogP) is 3.72. The molecule has 1 aliphatic rings. The number of ketones is 1. The van der Waals surface area contributed by atoms with Crippen molar-refractivity contribution >= 4 is 52.1 Å². The second-order valence-electron chi connectivity index (χ2n) is 4.95. The first-order valence-corrected chi connectivity index (χ1v) is 7.71. The van der Waals surface area contributed by atoms with E-state index in [1.165, 1.54) is 6.08 Å². The van der Waals surface area contributed by atoms with Gasteiger partial charge in [-0.25, -0.2) is 4.99 Å². The number of amides is 1. The van der Waals surface area contributed by atoms with E-state index in [-0.39, 0.29) is 5.84 Å². The largest absolute Gasteiger partial charge is 0.352 e. The highest BCUT2D eigenvalue weighted by Gasteiger charge is 2.24. The highest BCUT2D eigenvalue weighted by atomic mass is 35.5. The van der Waals surface area contributed by atoms with Gasteiger partial charge in [0.25, 0.3) is 5.91 Å². The molecule has 3 rings (SSSR count). The lowest BCUT2D eigenvalue weighted by Gasteiger charge is -2.18. The number of amidine groups is 1. The summed E-state index contributed by atoms with van der Waals surface area (Å²) in [5.41, 5.74) is 1.68. The number of nitrogens with zero attached hydrogens (tertiary/aromatic N) is 1. The first kappa shape index (κ1) is 16.2. The summed E-state index contributed by atoms with van der Waals surface area (Å²) in [5.74, 6) is -1.14. The van der Waals surface area contributed by atoms with Gasteiger partial charge in [0.1, 0.15) is 0 Å². The summed E-state index contributed by atoms with van der Waals surface area (Å²) in [4.78, 5) is 27.7. The molecule has 0 aliphatic carbocycles. The Kier molecular flexibility index (Phi) is 4.64. The van der Waals surface area contributed by atoms with E-state index in [9.17, 15) is 9.59 Å². The average Bonchev–Trinajstić information content (AvgIpc) is 2.56. The van der Waals surface area contributed by atoms with Crippen LogP contribution in [0.15, 0.2) is 65.3 Å². The van der Waals surface area contributed by atoms with Gasteiger partial charge < -0.3 is 10.6 Å². The van der Waals surface area contributed by atoms with Crippen molar-refractivity contribution in [3.05, 3.63) is 70.3 Å². The van der Waals surface area contributed by atoms with E-state index in [1.807, 2.05) is 0 Å². The minimum atomic E-state index is -0.732.